The predicted molar refractivity (Wildman–Crippen MR) is 115 cm³/mol. The van der Waals surface area contributed by atoms with E-state index in [-0.39, 0.29) is 23.2 Å². The summed E-state index contributed by atoms with van der Waals surface area (Å²) in [5.41, 5.74) is -2.75. The summed E-state index contributed by atoms with van der Waals surface area (Å²) in [7, 11) is 0. The summed E-state index contributed by atoms with van der Waals surface area (Å²) in [5, 5.41) is 9.24. The van der Waals surface area contributed by atoms with Crippen molar-refractivity contribution in [1.82, 2.24) is 14.5 Å². The summed E-state index contributed by atoms with van der Waals surface area (Å²) in [5.74, 6) is -5.83. The van der Waals surface area contributed by atoms with Gasteiger partial charge < -0.3 is 9.72 Å². The number of nitrogens with zero attached hydrogens (tertiary/aromatic N) is 3. The van der Waals surface area contributed by atoms with Crippen molar-refractivity contribution in [3.63, 3.8) is 0 Å². The summed E-state index contributed by atoms with van der Waals surface area (Å²) in [6.07, 6.45) is -2.31. The van der Waals surface area contributed by atoms with Gasteiger partial charge in [0.25, 0.3) is 17.5 Å². The third kappa shape index (κ3) is 5.08. The maximum Gasteiger partial charge on any atom is 0.321 e. The van der Waals surface area contributed by atoms with Crippen molar-refractivity contribution in [3.8, 4) is 17.6 Å². The van der Waals surface area contributed by atoms with Gasteiger partial charge in [-0.15, -0.1) is 0 Å². The SMILES string of the molecule is Cc1cc(C)c(Cn2cnc(C(F)(F)CF)c(Oc3cc(C(F)F)cc(C#N)c3C)c2=O)c(=O)[nH]1. The smallest absolute Gasteiger partial charge is 0.321 e. The van der Waals surface area contributed by atoms with Gasteiger partial charge in [-0.05, 0) is 44.5 Å². The van der Waals surface area contributed by atoms with E-state index in [1.54, 1.807) is 26.0 Å². The van der Waals surface area contributed by atoms with Crippen LogP contribution in [0.4, 0.5) is 22.0 Å². The van der Waals surface area contributed by atoms with Crippen molar-refractivity contribution >= 4 is 0 Å². The Bertz CT molecular complexity index is 1440. The Labute approximate surface area is 195 Å². The third-order valence-electron chi connectivity index (χ3n) is 5.30. The summed E-state index contributed by atoms with van der Waals surface area (Å²) in [4.78, 5) is 31.6. The predicted octanol–water partition coefficient (Wildman–Crippen LogP) is 4.57. The Hall–Kier alpha value is -4.01. The molecular formula is C23H19F5N4O3. The molecule has 0 fully saturated rings. The van der Waals surface area contributed by atoms with Crippen LogP contribution in [0.1, 0.15) is 45.6 Å². The lowest BCUT2D eigenvalue weighted by Gasteiger charge is -2.19. The number of benzene rings is 1. The Kier molecular flexibility index (Phi) is 7.09. The number of halogens is 5. The van der Waals surface area contributed by atoms with Gasteiger partial charge in [0.2, 0.25) is 5.75 Å². The second-order valence-corrected chi connectivity index (χ2v) is 7.84. The average Bonchev–Trinajstić information content (AvgIpc) is 2.79. The zero-order valence-corrected chi connectivity index (χ0v) is 18.8. The quantitative estimate of drug-likeness (QED) is 0.485. The number of ether oxygens (including phenoxy) is 1. The molecule has 0 amide bonds. The first-order valence-electron chi connectivity index (χ1n) is 10.1. The van der Waals surface area contributed by atoms with Crippen molar-refractivity contribution in [2.45, 2.75) is 39.7 Å². The summed E-state index contributed by atoms with van der Waals surface area (Å²) in [6.45, 7) is 1.97. The minimum Gasteiger partial charge on any atom is -0.449 e. The van der Waals surface area contributed by atoms with Crippen molar-refractivity contribution in [2.24, 2.45) is 0 Å². The molecule has 0 unspecified atom stereocenters. The van der Waals surface area contributed by atoms with E-state index in [9.17, 15) is 36.8 Å². The fourth-order valence-corrected chi connectivity index (χ4v) is 3.41. The molecule has 7 nitrogen and oxygen atoms in total. The summed E-state index contributed by atoms with van der Waals surface area (Å²) in [6, 6.07) is 5.03. The second-order valence-electron chi connectivity index (χ2n) is 7.84. The van der Waals surface area contributed by atoms with E-state index in [0.717, 1.165) is 23.0 Å². The van der Waals surface area contributed by atoms with Crippen molar-refractivity contribution in [1.29, 1.82) is 5.26 Å². The van der Waals surface area contributed by atoms with Crippen LogP contribution in [-0.4, -0.2) is 21.2 Å². The molecule has 0 atom stereocenters. The number of hydrogen-bond donors (Lipinski definition) is 1. The first-order valence-corrected chi connectivity index (χ1v) is 10.1. The Balaban J connectivity index is 2.22. The number of aromatic nitrogens is 3. The van der Waals surface area contributed by atoms with E-state index in [1.165, 1.54) is 6.92 Å². The summed E-state index contributed by atoms with van der Waals surface area (Å²) >= 11 is 0. The lowest BCUT2D eigenvalue weighted by Crippen LogP contribution is -2.30. The van der Waals surface area contributed by atoms with E-state index < -0.39 is 52.9 Å². The van der Waals surface area contributed by atoms with Gasteiger partial charge in [-0.1, -0.05) is 0 Å². The van der Waals surface area contributed by atoms with Crippen LogP contribution in [0.5, 0.6) is 11.5 Å². The van der Waals surface area contributed by atoms with E-state index in [4.69, 9.17) is 4.74 Å². The van der Waals surface area contributed by atoms with Crippen LogP contribution >= 0.6 is 0 Å². The molecule has 3 aromatic rings. The van der Waals surface area contributed by atoms with Crippen molar-refractivity contribution in [3.05, 3.63) is 84.4 Å². The van der Waals surface area contributed by atoms with Crippen molar-refractivity contribution < 1.29 is 26.7 Å². The van der Waals surface area contributed by atoms with Gasteiger partial charge in [0.1, 0.15) is 5.75 Å². The van der Waals surface area contributed by atoms with Gasteiger partial charge in [0, 0.05) is 22.4 Å². The fraction of sp³-hybridized carbons (Fsp3) is 0.304. The topological polar surface area (TPSA) is 101 Å². The number of aryl methyl sites for hydroxylation is 2. The van der Waals surface area contributed by atoms with Gasteiger partial charge in [0.15, 0.2) is 12.4 Å². The van der Waals surface area contributed by atoms with Gasteiger partial charge in [-0.25, -0.2) is 18.2 Å². The van der Waals surface area contributed by atoms with E-state index in [1.807, 2.05) is 0 Å². The average molecular weight is 494 g/mol. The number of aromatic amines is 1. The van der Waals surface area contributed by atoms with Gasteiger partial charge in [-0.3, -0.25) is 14.2 Å². The first kappa shape index (κ1) is 25.6. The largest absolute Gasteiger partial charge is 0.449 e. The van der Waals surface area contributed by atoms with Crippen molar-refractivity contribution in [2.75, 3.05) is 6.67 Å². The van der Waals surface area contributed by atoms with E-state index >= 15 is 0 Å². The first-order chi connectivity index (χ1) is 16.4. The Morgan fingerprint density at radius 1 is 1.20 bits per heavy atom. The lowest BCUT2D eigenvalue weighted by atomic mass is 10.0. The molecule has 0 spiro atoms. The molecule has 0 bridgehead atoms. The zero-order chi connectivity index (χ0) is 26.1. The second kappa shape index (κ2) is 9.69. The number of nitriles is 1. The Morgan fingerprint density at radius 3 is 2.46 bits per heavy atom. The van der Waals surface area contributed by atoms with Crippen LogP contribution in [-0.2, 0) is 12.5 Å². The molecule has 1 N–H and O–H groups in total. The van der Waals surface area contributed by atoms with E-state index in [0.29, 0.717) is 11.3 Å². The highest BCUT2D eigenvalue weighted by atomic mass is 19.3. The molecule has 35 heavy (non-hydrogen) atoms. The molecule has 0 aliphatic heterocycles. The van der Waals surface area contributed by atoms with Gasteiger partial charge >= 0.3 is 5.92 Å². The monoisotopic (exact) mass is 494 g/mol. The molecule has 1 aromatic carbocycles. The molecule has 2 heterocycles. The van der Waals surface area contributed by atoms with E-state index in [2.05, 4.69) is 9.97 Å². The fourth-order valence-electron chi connectivity index (χ4n) is 3.41. The molecule has 2 aromatic heterocycles. The Morgan fingerprint density at radius 2 is 1.89 bits per heavy atom. The van der Waals surface area contributed by atoms with Crippen LogP contribution in [0.15, 0.2) is 34.1 Å². The molecule has 0 aliphatic rings. The number of rotatable bonds is 7. The van der Waals surface area contributed by atoms with Crippen LogP contribution < -0.4 is 15.9 Å². The lowest BCUT2D eigenvalue weighted by molar-refractivity contribution is -0.0342. The number of nitrogens with one attached hydrogen (secondary N) is 1. The third-order valence-corrected chi connectivity index (χ3v) is 5.30. The molecule has 0 aliphatic carbocycles. The normalized spacial score (nSPS) is 11.5. The van der Waals surface area contributed by atoms with Crippen LogP contribution in [0.25, 0.3) is 0 Å². The molecule has 0 radical (unpaired) electrons. The maximum absolute atomic E-state index is 14.3. The maximum atomic E-state index is 14.3. The highest BCUT2D eigenvalue weighted by molar-refractivity contribution is 5.51. The molecule has 12 heteroatoms. The molecular weight excluding hydrogens is 475 g/mol. The minimum absolute atomic E-state index is 0.00737. The number of hydrogen-bond acceptors (Lipinski definition) is 5. The molecule has 0 saturated heterocycles. The molecule has 184 valence electrons. The molecule has 0 saturated carbocycles. The van der Waals surface area contributed by atoms with Gasteiger partial charge in [0.05, 0.1) is 24.5 Å². The number of alkyl halides is 5. The zero-order valence-electron chi connectivity index (χ0n) is 18.8. The van der Waals surface area contributed by atoms with Crippen LogP contribution in [0.3, 0.4) is 0 Å². The minimum atomic E-state index is -4.24. The standard InChI is InChI=1S/C23H19F5N4O3/c1-11-4-12(2)31-21(33)16(11)8-32-10-30-19(23(27,28)9-24)18(22(32)34)35-17-6-14(20(25)26)5-15(7-29)13(17)3/h4-6,10,20H,8-9H2,1-3H3,(H,31,33). The van der Waals surface area contributed by atoms with Crippen LogP contribution in [0.2, 0.25) is 0 Å². The van der Waals surface area contributed by atoms with Gasteiger partial charge in [-0.2, -0.15) is 14.0 Å². The highest BCUT2D eigenvalue weighted by Crippen LogP contribution is 2.36. The summed E-state index contributed by atoms with van der Waals surface area (Å²) < 4.78 is 74.5. The van der Waals surface area contributed by atoms with Crippen LogP contribution in [0, 0.1) is 32.1 Å². The highest BCUT2D eigenvalue weighted by Gasteiger charge is 2.39. The number of H-pyrrole nitrogens is 1. The number of pyridine rings is 1. The molecule has 3 rings (SSSR count).